The number of piperazine rings is 1. The van der Waals surface area contributed by atoms with Crippen molar-refractivity contribution in [3.8, 4) is 11.5 Å². The summed E-state index contributed by atoms with van der Waals surface area (Å²) in [6, 6.07) is 20.8. The third-order valence-electron chi connectivity index (χ3n) is 9.26. The highest BCUT2D eigenvalue weighted by Crippen LogP contribution is 2.40. The highest BCUT2D eigenvalue weighted by Gasteiger charge is 2.52. The lowest BCUT2D eigenvalue weighted by Gasteiger charge is -2.48. The molecule has 268 valence electrons. The monoisotopic (exact) mass is 712 g/mol. The quantitative estimate of drug-likeness (QED) is 0.194. The molecule has 2 aliphatic rings. The van der Waals surface area contributed by atoms with Gasteiger partial charge in [-0.05, 0) is 48.0 Å². The lowest BCUT2D eigenvalue weighted by molar-refractivity contribution is -0.154. The molecule has 0 bridgehead atoms. The summed E-state index contributed by atoms with van der Waals surface area (Å²) >= 11 is 0. The number of likely N-dealkylation sites (tertiary alicyclic amines) is 1. The molecule has 0 unspecified atom stereocenters. The number of carbonyl (C=O) groups excluding carboxylic acids is 2. The number of methoxy groups -OCH3 is 1. The summed E-state index contributed by atoms with van der Waals surface area (Å²) < 4.78 is 94.5. The number of para-hydroxylation sites is 2. The number of aromatic nitrogens is 1. The molecule has 2 aliphatic heterocycles. The molecule has 3 aromatic carbocycles. The summed E-state index contributed by atoms with van der Waals surface area (Å²) in [7, 11) is 1.56. The predicted molar refractivity (Wildman–Crippen MR) is 176 cm³/mol. The molecule has 0 saturated carbocycles. The van der Waals surface area contributed by atoms with Crippen LogP contribution in [0.25, 0.3) is 0 Å². The third kappa shape index (κ3) is 7.59. The summed E-state index contributed by atoms with van der Waals surface area (Å²) in [4.78, 5) is 37.4. The van der Waals surface area contributed by atoms with Gasteiger partial charge in [0.1, 0.15) is 11.5 Å². The van der Waals surface area contributed by atoms with Gasteiger partial charge in [0.2, 0.25) is 5.60 Å². The molecule has 8 nitrogen and oxygen atoms in total. The van der Waals surface area contributed by atoms with E-state index in [1.807, 2.05) is 24.3 Å². The third-order valence-corrected chi connectivity index (χ3v) is 9.26. The number of rotatable bonds is 7. The molecular weight excluding hydrogens is 678 g/mol. The Balaban J connectivity index is 1.39. The number of benzene rings is 3. The summed E-state index contributed by atoms with van der Waals surface area (Å²) in [5.74, 6) is -1.56. The van der Waals surface area contributed by atoms with Crippen LogP contribution in [0.3, 0.4) is 0 Å². The van der Waals surface area contributed by atoms with Crippen LogP contribution in [0.15, 0.2) is 97.3 Å². The summed E-state index contributed by atoms with van der Waals surface area (Å²) in [6.45, 7) is 0.727. The van der Waals surface area contributed by atoms with Gasteiger partial charge in [0.25, 0.3) is 11.8 Å². The molecule has 6 rings (SSSR count). The minimum atomic E-state index is -4.87. The molecule has 0 aliphatic carbocycles. The number of hydrogen-bond donors (Lipinski definition) is 0. The maximum Gasteiger partial charge on any atom is 0.417 e. The number of nitrogens with zero attached hydrogens (tertiary/aromatic N) is 4. The minimum Gasteiger partial charge on any atom is -0.495 e. The standard InChI is InChI=1S/C37H34F6N4O4/c1-50-32-10-6-5-9-31(32)45-17-19-46(20-18-45)34(49)35(51-28-13-11-27(12-14-28)36(38,39)40)21-26(25-7-3-2-4-8-25)23-47(24-35)33(48)29-22-44-16-15-30(29)37(41,42)43/h2-16,22,26H,17-21,23-24H2,1H3/t26-,35-/m0/s1. The second-order valence-electron chi connectivity index (χ2n) is 12.5. The van der Waals surface area contributed by atoms with E-state index in [9.17, 15) is 35.9 Å². The average Bonchev–Trinajstić information content (AvgIpc) is 3.14. The van der Waals surface area contributed by atoms with Crippen molar-refractivity contribution in [1.29, 1.82) is 0 Å². The maximum absolute atomic E-state index is 14.8. The lowest BCUT2D eigenvalue weighted by atomic mass is 9.80. The molecule has 2 fully saturated rings. The second kappa shape index (κ2) is 14.2. The highest BCUT2D eigenvalue weighted by atomic mass is 19.4. The van der Waals surface area contributed by atoms with Crippen LogP contribution in [0.5, 0.6) is 11.5 Å². The Kier molecular flexibility index (Phi) is 9.87. The molecule has 14 heteroatoms. The Morgan fingerprint density at radius 2 is 1.47 bits per heavy atom. The minimum absolute atomic E-state index is 0.00740. The number of halogens is 6. The molecule has 0 spiro atoms. The van der Waals surface area contributed by atoms with Crippen LogP contribution >= 0.6 is 0 Å². The zero-order valence-corrected chi connectivity index (χ0v) is 27.5. The van der Waals surface area contributed by atoms with Gasteiger partial charge >= 0.3 is 12.4 Å². The Labute approximate surface area is 290 Å². The van der Waals surface area contributed by atoms with Gasteiger partial charge in [-0.15, -0.1) is 0 Å². The van der Waals surface area contributed by atoms with Crippen molar-refractivity contribution in [1.82, 2.24) is 14.8 Å². The first-order valence-electron chi connectivity index (χ1n) is 16.2. The first-order valence-corrected chi connectivity index (χ1v) is 16.2. The van der Waals surface area contributed by atoms with Crippen LogP contribution in [0.2, 0.25) is 0 Å². The van der Waals surface area contributed by atoms with E-state index in [1.165, 1.54) is 0 Å². The van der Waals surface area contributed by atoms with E-state index < -0.39 is 58.9 Å². The van der Waals surface area contributed by atoms with E-state index >= 15 is 0 Å². The number of alkyl halides is 6. The topological polar surface area (TPSA) is 75.2 Å². The number of ether oxygens (including phenoxy) is 2. The van der Waals surface area contributed by atoms with Crippen LogP contribution in [-0.2, 0) is 17.1 Å². The van der Waals surface area contributed by atoms with Crippen LogP contribution < -0.4 is 14.4 Å². The molecule has 2 saturated heterocycles. The molecule has 3 heterocycles. The molecular formula is C37H34F6N4O4. The molecule has 0 radical (unpaired) electrons. The van der Waals surface area contributed by atoms with Gasteiger partial charge in [0, 0.05) is 57.5 Å². The van der Waals surface area contributed by atoms with Gasteiger partial charge in [-0.1, -0.05) is 42.5 Å². The molecule has 0 N–H and O–H groups in total. The van der Waals surface area contributed by atoms with Crippen molar-refractivity contribution in [2.45, 2.75) is 30.3 Å². The number of piperidine rings is 1. The van der Waals surface area contributed by atoms with Gasteiger partial charge in [0.15, 0.2) is 0 Å². The molecule has 2 atom stereocenters. The SMILES string of the molecule is COc1ccccc1N1CCN(C(=O)[C@]2(Oc3ccc(C(F)(F)F)cc3)C[C@H](c3ccccc3)CN(C(=O)c3cnccc3C(F)(F)F)C2)CC1. The van der Waals surface area contributed by atoms with Crippen molar-refractivity contribution in [2.75, 3.05) is 51.3 Å². The second-order valence-corrected chi connectivity index (χ2v) is 12.5. The van der Waals surface area contributed by atoms with Gasteiger partial charge in [-0.2, -0.15) is 26.3 Å². The van der Waals surface area contributed by atoms with Gasteiger partial charge in [-0.25, -0.2) is 0 Å². The fraction of sp³-hybridized carbons (Fsp3) is 0.324. The van der Waals surface area contributed by atoms with Crippen molar-refractivity contribution in [2.24, 2.45) is 0 Å². The molecule has 51 heavy (non-hydrogen) atoms. The molecule has 4 aromatic rings. The van der Waals surface area contributed by atoms with Crippen LogP contribution in [0.1, 0.15) is 39.4 Å². The number of carbonyl (C=O) groups is 2. The fourth-order valence-corrected chi connectivity index (χ4v) is 6.79. The van der Waals surface area contributed by atoms with Crippen LogP contribution in [0.4, 0.5) is 32.0 Å². The number of amides is 2. The Morgan fingerprint density at radius 3 is 2.12 bits per heavy atom. The number of hydrogen-bond acceptors (Lipinski definition) is 6. The normalized spacial score (nSPS) is 19.8. The Hall–Kier alpha value is -5.27. The Bertz CT molecular complexity index is 1850. The summed E-state index contributed by atoms with van der Waals surface area (Å²) in [6.07, 6.45) is -7.72. The molecule has 2 amide bonds. The first kappa shape index (κ1) is 35.6. The van der Waals surface area contributed by atoms with Gasteiger partial charge in [0.05, 0.1) is 36.0 Å². The van der Waals surface area contributed by atoms with E-state index in [4.69, 9.17) is 9.47 Å². The van der Waals surface area contributed by atoms with Crippen LogP contribution in [-0.4, -0.2) is 78.6 Å². The fourth-order valence-electron chi connectivity index (χ4n) is 6.79. The van der Waals surface area contributed by atoms with E-state index in [0.29, 0.717) is 30.5 Å². The number of anilines is 1. The summed E-state index contributed by atoms with van der Waals surface area (Å²) in [5.41, 5.74) is -3.16. The Morgan fingerprint density at radius 1 is 0.804 bits per heavy atom. The average molecular weight is 713 g/mol. The predicted octanol–water partition coefficient (Wildman–Crippen LogP) is 6.92. The van der Waals surface area contributed by atoms with Crippen molar-refractivity contribution in [3.05, 3.63) is 120 Å². The smallest absolute Gasteiger partial charge is 0.417 e. The lowest BCUT2D eigenvalue weighted by Crippen LogP contribution is -2.65. The maximum atomic E-state index is 14.8. The van der Waals surface area contributed by atoms with E-state index in [1.54, 1.807) is 42.3 Å². The summed E-state index contributed by atoms with van der Waals surface area (Å²) in [5, 5.41) is 0. The van der Waals surface area contributed by atoms with E-state index in [0.717, 1.165) is 47.2 Å². The zero-order chi connectivity index (χ0) is 36.4. The van der Waals surface area contributed by atoms with Crippen molar-refractivity contribution < 1.29 is 45.4 Å². The van der Waals surface area contributed by atoms with Gasteiger partial charge in [-0.3, -0.25) is 14.6 Å². The highest BCUT2D eigenvalue weighted by molar-refractivity contribution is 5.97. The van der Waals surface area contributed by atoms with Gasteiger partial charge < -0.3 is 24.2 Å². The largest absolute Gasteiger partial charge is 0.495 e. The van der Waals surface area contributed by atoms with E-state index in [2.05, 4.69) is 9.88 Å². The van der Waals surface area contributed by atoms with Crippen LogP contribution in [0, 0.1) is 0 Å². The van der Waals surface area contributed by atoms with Crippen molar-refractivity contribution >= 4 is 17.5 Å². The zero-order valence-electron chi connectivity index (χ0n) is 27.5. The first-order chi connectivity index (χ1) is 24.3. The molecule has 1 aromatic heterocycles. The van der Waals surface area contributed by atoms with E-state index in [-0.39, 0.29) is 31.8 Å². The number of pyridine rings is 1. The van der Waals surface area contributed by atoms with Crippen molar-refractivity contribution in [3.63, 3.8) is 0 Å².